The average molecular weight is 334 g/mol. The van der Waals surface area contributed by atoms with Gasteiger partial charge >= 0.3 is 5.97 Å². The number of nitrogens with one attached hydrogen (secondary N) is 1. The zero-order valence-electron chi connectivity index (χ0n) is 12.4. The third-order valence-corrected chi connectivity index (χ3v) is 4.57. The number of carboxylic acids is 1. The minimum absolute atomic E-state index is 0.0137. The number of carbonyl (C=O) groups excluding carboxylic acids is 1. The monoisotopic (exact) mass is 334 g/mol. The number of rotatable bonds is 4. The van der Waals surface area contributed by atoms with Crippen molar-refractivity contribution in [2.24, 2.45) is 0 Å². The summed E-state index contributed by atoms with van der Waals surface area (Å²) in [5.41, 5.74) is 0.769. The predicted octanol–water partition coefficient (Wildman–Crippen LogP) is 1.52. The number of aromatic nitrogens is 1. The Labute approximate surface area is 133 Å². The Morgan fingerprint density at radius 3 is 2.48 bits per heavy atom. The van der Waals surface area contributed by atoms with Crippen molar-refractivity contribution in [3.63, 3.8) is 0 Å². The lowest BCUT2D eigenvalue weighted by Crippen LogP contribution is -2.31. The molecule has 0 bridgehead atoms. The number of sulfonamides is 1. The van der Waals surface area contributed by atoms with E-state index in [2.05, 4.69) is 4.98 Å². The van der Waals surface area contributed by atoms with Gasteiger partial charge in [-0.3, -0.25) is 9.78 Å². The van der Waals surface area contributed by atoms with Crippen LogP contribution in [0.15, 0.2) is 41.4 Å². The standard InChI is InChI=1S/C15H14N2O5S/c1-9-3-4-10(2)13(7-9)23(21,22)17-14(18)12-8-11(15(19)20)5-6-16-12/h3-8H,1-2H3,(H,17,18)(H,19,20). The van der Waals surface area contributed by atoms with E-state index in [1.54, 1.807) is 26.0 Å². The first kappa shape index (κ1) is 16.6. The van der Waals surface area contributed by atoms with Gasteiger partial charge in [-0.2, -0.15) is 0 Å². The van der Waals surface area contributed by atoms with E-state index in [1.165, 1.54) is 12.1 Å². The second kappa shape index (κ2) is 6.17. The molecule has 0 saturated heterocycles. The summed E-state index contributed by atoms with van der Waals surface area (Å²) in [5.74, 6) is -2.23. The number of carboxylic acid groups (broad SMARTS) is 1. The molecular weight excluding hydrogens is 320 g/mol. The molecule has 0 aliphatic heterocycles. The molecule has 0 saturated carbocycles. The van der Waals surface area contributed by atoms with Gasteiger partial charge in [0.05, 0.1) is 10.5 Å². The summed E-state index contributed by atoms with van der Waals surface area (Å²) in [6.45, 7) is 3.35. The lowest BCUT2D eigenvalue weighted by molar-refractivity contribution is 0.0696. The molecule has 2 N–H and O–H groups in total. The van der Waals surface area contributed by atoms with Gasteiger partial charge in [-0.15, -0.1) is 0 Å². The molecule has 0 aliphatic rings. The average Bonchev–Trinajstić information content (AvgIpc) is 2.49. The van der Waals surface area contributed by atoms with Crippen molar-refractivity contribution in [1.29, 1.82) is 0 Å². The zero-order chi connectivity index (χ0) is 17.2. The molecule has 0 atom stereocenters. The molecule has 0 radical (unpaired) electrons. The predicted molar refractivity (Wildman–Crippen MR) is 81.8 cm³/mol. The molecule has 2 rings (SSSR count). The van der Waals surface area contributed by atoms with Gasteiger partial charge in [0.2, 0.25) is 0 Å². The minimum atomic E-state index is -4.08. The van der Waals surface area contributed by atoms with Crippen LogP contribution in [-0.2, 0) is 10.0 Å². The van der Waals surface area contributed by atoms with Crippen LogP contribution in [0, 0.1) is 13.8 Å². The van der Waals surface area contributed by atoms with Crippen LogP contribution in [0.1, 0.15) is 32.0 Å². The molecule has 1 heterocycles. The highest BCUT2D eigenvalue weighted by atomic mass is 32.2. The van der Waals surface area contributed by atoms with Gasteiger partial charge in [-0.25, -0.2) is 17.9 Å². The van der Waals surface area contributed by atoms with Crippen molar-refractivity contribution in [1.82, 2.24) is 9.71 Å². The third kappa shape index (κ3) is 3.72. The Bertz CT molecular complexity index is 890. The molecule has 120 valence electrons. The number of amides is 1. The molecule has 8 heteroatoms. The fourth-order valence-corrected chi connectivity index (χ4v) is 3.21. The Morgan fingerprint density at radius 1 is 1.13 bits per heavy atom. The Kier molecular flexibility index (Phi) is 4.46. The van der Waals surface area contributed by atoms with E-state index in [1.807, 2.05) is 4.72 Å². The topological polar surface area (TPSA) is 113 Å². The molecule has 0 aliphatic carbocycles. The van der Waals surface area contributed by atoms with Gasteiger partial charge in [-0.1, -0.05) is 12.1 Å². The van der Waals surface area contributed by atoms with Crippen LogP contribution in [0.25, 0.3) is 0 Å². The summed E-state index contributed by atoms with van der Waals surface area (Å²) in [6.07, 6.45) is 1.13. The van der Waals surface area contributed by atoms with Crippen LogP contribution in [0.5, 0.6) is 0 Å². The molecule has 1 aromatic carbocycles. The van der Waals surface area contributed by atoms with Crippen LogP contribution in [0.3, 0.4) is 0 Å². The van der Waals surface area contributed by atoms with E-state index in [0.717, 1.165) is 17.8 Å². The minimum Gasteiger partial charge on any atom is -0.478 e. The molecule has 0 unspecified atom stereocenters. The van der Waals surface area contributed by atoms with Crippen LogP contribution < -0.4 is 4.72 Å². The van der Waals surface area contributed by atoms with Crippen LogP contribution >= 0.6 is 0 Å². The lowest BCUT2D eigenvalue weighted by atomic mass is 10.2. The lowest BCUT2D eigenvalue weighted by Gasteiger charge is -2.10. The Balaban J connectivity index is 2.34. The van der Waals surface area contributed by atoms with Crippen molar-refractivity contribution in [3.05, 3.63) is 58.9 Å². The number of hydrogen-bond acceptors (Lipinski definition) is 5. The van der Waals surface area contributed by atoms with Crippen molar-refractivity contribution in [3.8, 4) is 0 Å². The summed E-state index contributed by atoms with van der Waals surface area (Å²) in [7, 11) is -4.08. The first-order valence-corrected chi connectivity index (χ1v) is 8.03. The number of aromatic carboxylic acids is 1. The van der Waals surface area contributed by atoms with Crippen LogP contribution in [-0.4, -0.2) is 30.4 Å². The number of carbonyl (C=O) groups is 2. The molecule has 2 aromatic rings. The van der Waals surface area contributed by atoms with E-state index >= 15 is 0 Å². The molecule has 0 spiro atoms. The highest BCUT2D eigenvalue weighted by Gasteiger charge is 2.22. The van der Waals surface area contributed by atoms with Crippen molar-refractivity contribution in [2.75, 3.05) is 0 Å². The maximum Gasteiger partial charge on any atom is 0.335 e. The van der Waals surface area contributed by atoms with E-state index in [4.69, 9.17) is 5.11 Å². The molecular formula is C15H14N2O5S. The van der Waals surface area contributed by atoms with E-state index in [9.17, 15) is 18.0 Å². The quantitative estimate of drug-likeness (QED) is 0.876. The largest absolute Gasteiger partial charge is 0.478 e. The van der Waals surface area contributed by atoms with E-state index < -0.39 is 21.9 Å². The number of hydrogen-bond donors (Lipinski definition) is 2. The molecule has 7 nitrogen and oxygen atoms in total. The maximum absolute atomic E-state index is 12.3. The fourth-order valence-electron chi connectivity index (χ4n) is 1.91. The van der Waals surface area contributed by atoms with Gasteiger partial charge in [0.25, 0.3) is 15.9 Å². The summed E-state index contributed by atoms with van der Waals surface area (Å²) in [5, 5.41) is 8.89. The second-order valence-corrected chi connectivity index (χ2v) is 6.59. The van der Waals surface area contributed by atoms with Gasteiger partial charge < -0.3 is 5.11 Å². The zero-order valence-corrected chi connectivity index (χ0v) is 13.2. The van der Waals surface area contributed by atoms with Gasteiger partial charge in [0.15, 0.2) is 0 Å². The first-order chi connectivity index (χ1) is 10.7. The number of benzene rings is 1. The first-order valence-electron chi connectivity index (χ1n) is 6.54. The van der Waals surface area contributed by atoms with E-state index in [0.29, 0.717) is 5.56 Å². The van der Waals surface area contributed by atoms with E-state index in [-0.39, 0.29) is 16.2 Å². The van der Waals surface area contributed by atoms with Gasteiger partial charge in [0.1, 0.15) is 5.69 Å². The Hall–Kier alpha value is -2.74. The molecule has 23 heavy (non-hydrogen) atoms. The number of aryl methyl sites for hydroxylation is 2. The summed E-state index contributed by atoms with van der Waals surface area (Å²) >= 11 is 0. The van der Waals surface area contributed by atoms with Gasteiger partial charge in [-0.05, 0) is 43.2 Å². The summed E-state index contributed by atoms with van der Waals surface area (Å²) < 4.78 is 26.6. The fraction of sp³-hybridized carbons (Fsp3) is 0.133. The van der Waals surface area contributed by atoms with Crippen LogP contribution in [0.4, 0.5) is 0 Å². The smallest absolute Gasteiger partial charge is 0.335 e. The number of nitrogens with zero attached hydrogens (tertiary/aromatic N) is 1. The van der Waals surface area contributed by atoms with Crippen LogP contribution in [0.2, 0.25) is 0 Å². The van der Waals surface area contributed by atoms with Crippen molar-refractivity contribution >= 4 is 21.9 Å². The maximum atomic E-state index is 12.3. The number of pyridine rings is 1. The Morgan fingerprint density at radius 2 is 1.83 bits per heavy atom. The molecule has 0 fully saturated rings. The molecule has 1 amide bonds. The van der Waals surface area contributed by atoms with Gasteiger partial charge in [0, 0.05) is 6.20 Å². The SMILES string of the molecule is Cc1ccc(C)c(S(=O)(=O)NC(=O)c2cc(C(=O)O)ccn2)c1. The normalized spacial score (nSPS) is 11.0. The third-order valence-electron chi connectivity index (χ3n) is 3.10. The second-order valence-electron chi connectivity index (χ2n) is 4.94. The summed E-state index contributed by atoms with van der Waals surface area (Å²) in [4.78, 5) is 26.6. The molecule has 1 aromatic heterocycles. The van der Waals surface area contributed by atoms with Crippen molar-refractivity contribution in [2.45, 2.75) is 18.7 Å². The highest BCUT2D eigenvalue weighted by Crippen LogP contribution is 2.17. The summed E-state index contributed by atoms with van der Waals surface area (Å²) in [6, 6.07) is 7.06. The highest BCUT2D eigenvalue weighted by molar-refractivity contribution is 7.90. The van der Waals surface area contributed by atoms with Crippen molar-refractivity contribution < 1.29 is 23.1 Å².